The Hall–Kier alpha value is -1.12. The third-order valence-electron chi connectivity index (χ3n) is 3.17. The zero-order chi connectivity index (χ0) is 12.6. The summed E-state index contributed by atoms with van der Waals surface area (Å²) in [6, 6.07) is 8.30. The van der Waals surface area contributed by atoms with Crippen molar-refractivity contribution >= 4 is 11.3 Å². The topological polar surface area (TPSA) is 20.2 Å². The lowest BCUT2D eigenvalue weighted by Crippen LogP contribution is -1.99. The van der Waals surface area contributed by atoms with Crippen molar-refractivity contribution in [1.82, 2.24) is 0 Å². The van der Waals surface area contributed by atoms with Gasteiger partial charge < -0.3 is 5.11 Å². The van der Waals surface area contributed by atoms with E-state index in [9.17, 15) is 5.11 Å². The van der Waals surface area contributed by atoms with Crippen LogP contribution in [0.2, 0.25) is 0 Å². The average Bonchev–Trinajstić information content (AvgIpc) is 2.61. The van der Waals surface area contributed by atoms with Crippen molar-refractivity contribution in [2.45, 2.75) is 33.8 Å². The normalized spacial score (nSPS) is 12.8. The van der Waals surface area contributed by atoms with Gasteiger partial charge in [-0.1, -0.05) is 18.2 Å². The molecule has 1 unspecified atom stereocenters. The molecule has 90 valence electrons. The zero-order valence-electron chi connectivity index (χ0n) is 10.7. The second-order valence-corrected chi connectivity index (χ2v) is 5.94. The Kier molecular flexibility index (Phi) is 3.36. The molecule has 2 aromatic rings. The first-order chi connectivity index (χ1) is 7.99. The number of rotatable bonds is 2. The van der Waals surface area contributed by atoms with E-state index in [1.165, 1.54) is 21.6 Å². The van der Waals surface area contributed by atoms with Gasteiger partial charge in [0.05, 0.1) is 0 Å². The van der Waals surface area contributed by atoms with E-state index in [1.807, 2.05) is 6.07 Å². The molecular formula is C15H18OS. The third-order valence-corrected chi connectivity index (χ3v) is 4.38. The number of benzene rings is 1. The summed E-state index contributed by atoms with van der Waals surface area (Å²) in [5.41, 5.74) is 4.66. The zero-order valence-corrected chi connectivity index (χ0v) is 11.6. The van der Waals surface area contributed by atoms with E-state index in [2.05, 4.69) is 45.9 Å². The lowest BCUT2D eigenvalue weighted by molar-refractivity contribution is 0.223. The van der Waals surface area contributed by atoms with Crippen LogP contribution in [0.25, 0.3) is 0 Å². The van der Waals surface area contributed by atoms with Crippen molar-refractivity contribution < 1.29 is 5.11 Å². The SMILES string of the molecule is Cc1cc(C)c(C(O)c2ccc(C)c(C)c2)s1. The molecule has 2 rings (SSSR count). The maximum atomic E-state index is 10.4. The minimum atomic E-state index is -0.493. The van der Waals surface area contributed by atoms with E-state index in [-0.39, 0.29) is 0 Å². The highest BCUT2D eigenvalue weighted by Crippen LogP contribution is 2.32. The van der Waals surface area contributed by atoms with Gasteiger partial charge in [0.2, 0.25) is 0 Å². The molecule has 1 atom stereocenters. The summed E-state index contributed by atoms with van der Waals surface area (Å²) in [4.78, 5) is 2.31. The second kappa shape index (κ2) is 4.63. The highest BCUT2D eigenvalue weighted by molar-refractivity contribution is 7.12. The van der Waals surface area contributed by atoms with Crippen molar-refractivity contribution in [2.24, 2.45) is 0 Å². The molecule has 1 nitrogen and oxygen atoms in total. The van der Waals surface area contributed by atoms with Crippen LogP contribution in [-0.2, 0) is 0 Å². The Morgan fingerprint density at radius 2 is 1.65 bits per heavy atom. The quantitative estimate of drug-likeness (QED) is 0.847. The maximum Gasteiger partial charge on any atom is 0.113 e. The first kappa shape index (κ1) is 12.3. The molecule has 0 fully saturated rings. The van der Waals surface area contributed by atoms with Crippen LogP contribution in [0.4, 0.5) is 0 Å². The Morgan fingerprint density at radius 1 is 0.941 bits per heavy atom. The van der Waals surface area contributed by atoms with Crippen molar-refractivity contribution in [3.8, 4) is 0 Å². The molecule has 0 bridgehead atoms. The van der Waals surface area contributed by atoms with E-state index < -0.39 is 6.10 Å². The highest BCUT2D eigenvalue weighted by Gasteiger charge is 2.15. The molecule has 1 aromatic carbocycles. The van der Waals surface area contributed by atoms with E-state index in [0.717, 1.165) is 10.4 Å². The van der Waals surface area contributed by atoms with Gasteiger partial charge >= 0.3 is 0 Å². The maximum absolute atomic E-state index is 10.4. The smallest absolute Gasteiger partial charge is 0.113 e. The van der Waals surface area contributed by atoms with Gasteiger partial charge in [-0.2, -0.15) is 0 Å². The van der Waals surface area contributed by atoms with Gasteiger partial charge in [-0.25, -0.2) is 0 Å². The number of aryl methyl sites for hydroxylation is 4. The Labute approximate surface area is 107 Å². The van der Waals surface area contributed by atoms with Gasteiger partial charge in [0.25, 0.3) is 0 Å². The predicted molar refractivity (Wildman–Crippen MR) is 73.8 cm³/mol. The minimum absolute atomic E-state index is 0.493. The first-order valence-electron chi connectivity index (χ1n) is 5.81. The van der Waals surface area contributed by atoms with Crippen molar-refractivity contribution in [1.29, 1.82) is 0 Å². The Morgan fingerprint density at radius 3 is 2.18 bits per heavy atom. The predicted octanol–water partition coefficient (Wildman–Crippen LogP) is 4.06. The molecule has 0 spiro atoms. The molecule has 0 aliphatic carbocycles. The second-order valence-electron chi connectivity index (χ2n) is 4.65. The van der Waals surface area contributed by atoms with Gasteiger partial charge in [0, 0.05) is 9.75 Å². The van der Waals surface area contributed by atoms with Crippen molar-refractivity contribution in [3.05, 3.63) is 56.3 Å². The van der Waals surface area contributed by atoms with Crippen LogP contribution < -0.4 is 0 Å². The number of thiophene rings is 1. The summed E-state index contributed by atoms with van der Waals surface area (Å²) in [5, 5.41) is 10.4. The molecule has 2 heteroatoms. The summed E-state index contributed by atoms with van der Waals surface area (Å²) < 4.78 is 0. The van der Waals surface area contributed by atoms with Crippen LogP contribution in [0, 0.1) is 27.7 Å². The van der Waals surface area contributed by atoms with Gasteiger partial charge in [-0.15, -0.1) is 11.3 Å². The van der Waals surface area contributed by atoms with E-state index in [0.29, 0.717) is 0 Å². The van der Waals surface area contributed by atoms with Gasteiger partial charge in [-0.3, -0.25) is 0 Å². The molecule has 0 amide bonds. The average molecular weight is 246 g/mol. The molecule has 1 N–H and O–H groups in total. The third kappa shape index (κ3) is 2.43. The Balaban J connectivity index is 2.40. The van der Waals surface area contributed by atoms with Crippen LogP contribution in [0.15, 0.2) is 24.3 Å². The summed E-state index contributed by atoms with van der Waals surface area (Å²) in [6.07, 6.45) is -0.493. The van der Waals surface area contributed by atoms with Crippen LogP contribution in [0.1, 0.15) is 38.1 Å². The molecule has 1 aromatic heterocycles. The van der Waals surface area contributed by atoms with Crippen LogP contribution in [0.5, 0.6) is 0 Å². The van der Waals surface area contributed by atoms with E-state index >= 15 is 0 Å². The lowest BCUT2D eigenvalue weighted by atomic mass is 10.0. The van der Waals surface area contributed by atoms with Crippen LogP contribution in [-0.4, -0.2) is 5.11 Å². The molecule has 0 saturated carbocycles. The van der Waals surface area contributed by atoms with Crippen LogP contribution in [0.3, 0.4) is 0 Å². The van der Waals surface area contributed by atoms with Crippen LogP contribution >= 0.6 is 11.3 Å². The summed E-state index contributed by atoms with van der Waals surface area (Å²) in [5.74, 6) is 0. The summed E-state index contributed by atoms with van der Waals surface area (Å²) >= 11 is 1.68. The highest BCUT2D eigenvalue weighted by atomic mass is 32.1. The summed E-state index contributed by atoms with van der Waals surface area (Å²) in [7, 11) is 0. The largest absolute Gasteiger partial charge is 0.383 e. The van der Waals surface area contributed by atoms with E-state index in [1.54, 1.807) is 11.3 Å². The van der Waals surface area contributed by atoms with Crippen molar-refractivity contribution in [3.63, 3.8) is 0 Å². The number of hydrogen-bond acceptors (Lipinski definition) is 2. The fourth-order valence-corrected chi connectivity index (χ4v) is 3.07. The first-order valence-corrected chi connectivity index (χ1v) is 6.63. The molecule has 1 heterocycles. The van der Waals surface area contributed by atoms with Gasteiger partial charge in [0.1, 0.15) is 6.10 Å². The lowest BCUT2D eigenvalue weighted by Gasteiger charge is -2.12. The van der Waals surface area contributed by atoms with Crippen molar-refractivity contribution in [2.75, 3.05) is 0 Å². The monoisotopic (exact) mass is 246 g/mol. The number of aliphatic hydroxyl groups excluding tert-OH is 1. The summed E-state index contributed by atoms with van der Waals surface area (Å²) in [6.45, 7) is 8.31. The molecular weight excluding hydrogens is 228 g/mol. The molecule has 0 aliphatic rings. The van der Waals surface area contributed by atoms with E-state index in [4.69, 9.17) is 0 Å². The van der Waals surface area contributed by atoms with Gasteiger partial charge in [0.15, 0.2) is 0 Å². The number of aliphatic hydroxyl groups is 1. The molecule has 0 radical (unpaired) electrons. The number of hydrogen-bond donors (Lipinski definition) is 1. The van der Waals surface area contributed by atoms with Gasteiger partial charge in [-0.05, 0) is 56.0 Å². The fraction of sp³-hybridized carbons (Fsp3) is 0.333. The Bertz CT molecular complexity index is 540. The molecule has 0 saturated heterocycles. The standard InChI is InChI=1S/C15H18OS/c1-9-5-6-13(8-10(9)2)14(16)15-11(3)7-12(4)17-15/h5-8,14,16H,1-4H3. The molecule has 0 aliphatic heterocycles. The minimum Gasteiger partial charge on any atom is -0.383 e. The molecule has 17 heavy (non-hydrogen) atoms. The fourth-order valence-electron chi connectivity index (χ4n) is 2.02.